The molecule has 0 atom stereocenters. The van der Waals surface area contributed by atoms with Crippen molar-refractivity contribution in [2.75, 3.05) is 11.9 Å². The van der Waals surface area contributed by atoms with Crippen LogP contribution >= 0.6 is 0 Å². The van der Waals surface area contributed by atoms with E-state index in [1.807, 2.05) is 31.2 Å². The Morgan fingerprint density at radius 1 is 1.09 bits per heavy atom. The highest BCUT2D eigenvalue weighted by atomic mass is 19.1. The molecule has 2 aromatic heterocycles. The van der Waals surface area contributed by atoms with Crippen LogP contribution in [0.2, 0.25) is 0 Å². The second-order valence-electron chi connectivity index (χ2n) is 5.19. The van der Waals surface area contributed by atoms with E-state index in [9.17, 15) is 4.39 Å². The summed E-state index contributed by atoms with van der Waals surface area (Å²) in [6.45, 7) is 2.79. The van der Waals surface area contributed by atoms with E-state index in [4.69, 9.17) is 0 Å². The Morgan fingerprint density at radius 3 is 2.65 bits per heavy atom. The Bertz CT molecular complexity index is 991. The van der Waals surface area contributed by atoms with E-state index in [0.717, 1.165) is 28.8 Å². The van der Waals surface area contributed by atoms with Crippen molar-refractivity contribution in [2.45, 2.75) is 6.92 Å². The second kappa shape index (κ2) is 5.31. The zero-order chi connectivity index (χ0) is 15.8. The number of anilines is 1. The van der Waals surface area contributed by atoms with Crippen LogP contribution in [0.4, 0.5) is 10.2 Å². The summed E-state index contributed by atoms with van der Waals surface area (Å²) >= 11 is 0. The fourth-order valence-electron chi connectivity index (χ4n) is 2.66. The van der Waals surface area contributed by atoms with E-state index < -0.39 is 0 Å². The maximum atomic E-state index is 13.1. The highest BCUT2D eigenvalue weighted by Crippen LogP contribution is 2.27. The van der Waals surface area contributed by atoms with Crippen molar-refractivity contribution in [3.8, 4) is 11.3 Å². The predicted octanol–water partition coefficient (Wildman–Crippen LogP) is 3.52. The Kier molecular flexibility index (Phi) is 3.15. The second-order valence-corrected chi connectivity index (χ2v) is 5.19. The molecule has 6 heteroatoms. The van der Waals surface area contributed by atoms with Crippen molar-refractivity contribution in [1.82, 2.24) is 19.8 Å². The summed E-state index contributed by atoms with van der Waals surface area (Å²) in [6.07, 6.45) is 0. The Labute approximate surface area is 131 Å². The molecule has 0 unspecified atom stereocenters. The number of aromatic nitrogens is 4. The van der Waals surface area contributed by atoms with E-state index in [1.54, 1.807) is 16.6 Å². The third-order valence-electron chi connectivity index (χ3n) is 3.71. The third-order valence-corrected chi connectivity index (χ3v) is 3.71. The molecule has 0 aliphatic heterocycles. The first-order valence-corrected chi connectivity index (χ1v) is 7.42. The van der Waals surface area contributed by atoms with Crippen LogP contribution in [0, 0.1) is 5.82 Å². The van der Waals surface area contributed by atoms with Crippen molar-refractivity contribution < 1.29 is 4.39 Å². The fourth-order valence-corrected chi connectivity index (χ4v) is 2.66. The molecule has 5 nitrogen and oxygen atoms in total. The van der Waals surface area contributed by atoms with Gasteiger partial charge in [-0.25, -0.2) is 9.37 Å². The van der Waals surface area contributed by atoms with Crippen molar-refractivity contribution in [3.05, 3.63) is 54.3 Å². The Morgan fingerprint density at radius 2 is 1.87 bits per heavy atom. The van der Waals surface area contributed by atoms with Crippen molar-refractivity contribution >= 4 is 22.4 Å². The largest absolute Gasteiger partial charge is 0.370 e. The number of benzene rings is 2. The molecular formula is C17H14FN5. The zero-order valence-corrected chi connectivity index (χ0v) is 12.5. The van der Waals surface area contributed by atoms with Crippen molar-refractivity contribution in [3.63, 3.8) is 0 Å². The Hall–Kier alpha value is -3.02. The average Bonchev–Trinajstić information content (AvgIpc) is 3.00. The number of nitrogens with one attached hydrogen (secondary N) is 1. The van der Waals surface area contributed by atoms with Crippen LogP contribution in [0.15, 0.2) is 48.5 Å². The third kappa shape index (κ3) is 2.19. The van der Waals surface area contributed by atoms with Gasteiger partial charge < -0.3 is 5.32 Å². The molecule has 0 bridgehead atoms. The van der Waals surface area contributed by atoms with Gasteiger partial charge in [0.25, 0.3) is 0 Å². The molecule has 0 amide bonds. The summed E-state index contributed by atoms with van der Waals surface area (Å²) in [5.41, 5.74) is 2.99. The van der Waals surface area contributed by atoms with Crippen LogP contribution in [0.5, 0.6) is 0 Å². The molecule has 4 aromatic rings. The van der Waals surface area contributed by atoms with Gasteiger partial charge in [-0.15, -0.1) is 5.10 Å². The summed E-state index contributed by atoms with van der Waals surface area (Å²) in [4.78, 5) is 4.68. The van der Waals surface area contributed by atoms with Crippen molar-refractivity contribution in [1.29, 1.82) is 0 Å². The average molecular weight is 307 g/mol. The number of halogens is 1. The van der Waals surface area contributed by atoms with Gasteiger partial charge in [0, 0.05) is 17.5 Å². The van der Waals surface area contributed by atoms with Crippen LogP contribution in [0.1, 0.15) is 6.92 Å². The van der Waals surface area contributed by atoms with Gasteiger partial charge in [-0.3, -0.25) is 0 Å². The molecule has 0 fully saturated rings. The lowest BCUT2D eigenvalue weighted by Gasteiger charge is -2.08. The lowest BCUT2D eigenvalue weighted by atomic mass is 10.1. The van der Waals surface area contributed by atoms with Crippen LogP contribution < -0.4 is 5.32 Å². The summed E-state index contributed by atoms with van der Waals surface area (Å²) in [7, 11) is 0. The minimum atomic E-state index is -0.281. The number of fused-ring (bicyclic) bond motifs is 3. The number of hydrogen-bond acceptors (Lipinski definition) is 4. The van der Waals surface area contributed by atoms with Crippen LogP contribution in [-0.2, 0) is 0 Å². The molecule has 114 valence electrons. The van der Waals surface area contributed by atoms with Gasteiger partial charge in [0.1, 0.15) is 17.3 Å². The van der Waals surface area contributed by atoms with E-state index in [0.29, 0.717) is 11.3 Å². The van der Waals surface area contributed by atoms with Gasteiger partial charge in [-0.2, -0.15) is 4.52 Å². The first-order valence-electron chi connectivity index (χ1n) is 7.42. The minimum absolute atomic E-state index is 0.281. The molecule has 2 aromatic carbocycles. The van der Waals surface area contributed by atoms with Gasteiger partial charge in [-0.1, -0.05) is 17.3 Å². The normalized spacial score (nSPS) is 11.2. The lowest BCUT2D eigenvalue weighted by molar-refractivity contribution is 0.628. The monoisotopic (exact) mass is 307 g/mol. The van der Waals surface area contributed by atoms with Crippen molar-refractivity contribution in [2.24, 2.45) is 0 Å². The SMILES string of the molecule is CCNc1nc2c(-c3ccc(F)cc3)nnn2c2ccccc12. The quantitative estimate of drug-likeness (QED) is 0.629. The summed E-state index contributed by atoms with van der Waals surface area (Å²) in [5, 5.41) is 12.7. The van der Waals surface area contributed by atoms with Crippen LogP contribution in [0.3, 0.4) is 0 Å². The smallest absolute Gasteiger partial charge is 0.186 e. The predicted molar refractivity (Wildman–Crippen MR) is 87.8 cm³/mol. The van der Waals surface area contributed by atoms with Gasteiger partial charge in [-0.05, 0) is 43.3 Å². The molecule has 0 spiro atoms. The standard InChI is InChI=1S/C17H14FN5/c1-2-19-16-13-5-3-4-6-14(13)23-17(20-16)15(21-22-23)11-7-9-12(18)10-8-11/h3-10H,2H2,1H3,(H,19,20). The number of rotatable bonds is 3. The molecule has 0 radical (unpaired) electrons. The van der Waals surface area contributed by atoms with Gasteiger partial charge in [0.05, 0.1) is 5.52 Å². The van der Waals surface area contributed by atoms with E-state index in [1.165, 1.54) is 12.1 Å². The van der Waals surface area contributed by atoms with Gasteiger partial charge in [0.15, 0.2) is 5.65 Å². The molecule has 1 N–H and O–H groups in total. The van der Waals surface area contributed by atoms with E-state index in [-0.39, 0.29) is 5.82 Å². The molecule has 2 heterocycles. The summed E-state index contributed by atoms with van der Waals surface area (Å²) < 4.78 is 14.9. The Balaban J connectivity index is 2.03. The highest BCUT2D eigenvalue weighted by molar-refractivity contribution is 5.93. The van der Waals surface area contributed by atoms with Crippen LogP contribution in [0.25, 0.3) is 27.8 Å². The lowest BCUT2D eigenvalue weighted by Crippen LogP contribution is -2.03. The molecule has 0 aliphatic rings. The van der Waals surface area contributed by atoms with Gasteiger partial charge >= 0.3 is 0 Å². The minimum Gasteiger partial charge on any atom is -0.370 e. The summed E-state index contributed by atoms with van der Waals surface area (Å²) in [5.74, 6) is 0.512. The molecular weight excluding hydrogens is 293 g/mol. The molecule has 23 heavy (non-hydrogen) atoms. The molecule has 4 rings (SSSR count). The number of para-hydroxylation sites is 1. The maximum absolute atomic E-state index is 13.1. The number of hydrogen-bond donors (Lipinski definition) is 1. The number of nitrogens with zero attached hydrogens (tertiary/aromatic N) is 4. The molecule has 0 aliphatic carbocycles. The van der Waals surface area contributed by atoms with E-state index in [2.05, 4.69) is 20.6 Å². The van der Waals surface area contributed by atoms with Gasteiger partial charge in [0.2, 0.25) is 0 Å². The summed E-state index contributed by atoms with van der Waals surface area (Å²) in [6, 6.07) is 14.1. The van der Waals surface area contributed by atoms with Crippen LogP contribution in [-0.4, -0.2) is 26.4 Å². The molecule has 0 saturated carbocycles. The first kappa shape index (κ1) is 13.6. The van der Waals surface area contributed by atoms with E-state index >= 15 is 0 Å². The topological polar surface area (TPSA) is 55.1 Å². The maximum Gasteiger partial charge on any atom is 0.186 e. The highest BCUT2D eigenvalue weighted by Gasteiger charge is 2.15. The zero-order valence-electron chi connectivity index (χ0n) is 12.5. The fraction of sp³-hybridized carbons (Fsp3) is 0.118. The first-order chi connectivity index (χ1) is 11.3. The molecule has 0 saturated heterocycles.